The quantitative estimate of drug-likeness (QED) is 0.790. The lowest BCUT2D eigenvalue weighted by atomic mass is 10.1. The summed E-state index contributed by atoms with van der Waals surface area (Å²) in [5.41, 5.74) is 5.82. The number of nitrogens with two attached hydrogens (primary N) is 1. The van der Waals surface area contributed by atoms with Crippen LogP contribution in [0.15, 0.2) is 12.1 Å². The van der Waals surface area contributed by atoms with E-state index in [2.05, 4.69) is 4.98 Å². The Morgan fingerprint density at radius 2 is 2.13 bits per heavy atom. The van der Waals surface area contributed by atoms with Gasteiger partial charge < -0.3 is 15.6 Å². The Labute approximate surface area is 90.1 Å². The van der Waals surface area contributed by atoms with Crippen LogP contribution in [0.3, 0.4) is 0 Å². The predicted octanol–water partition coefficient (Wildman–Crippen LogP) is 1.51. The summed E-state index contributed by atoms with van der Waals surface area (Å²) in [6.45, 7) is 5.79. The van der Waals surface area contributed by atoms with Crippen molar-refractivity contribution < 1.29 is 9.84 Å². The molecule has 1 aromatic rings. The Morgan fingerprint density at radius 1 is 1.47 bits per heavy atom. The van der Waals surface area contributed by atoms with E-state index in [1.54, 1.807) is 19.9 Å². The van der Waals surface area contributed by atoms with Crippen molar-refractivity contribution in [1.82, 2.24) is 4.98 Å². The molecule has 0 aromatic carbocycles. The van der Waals surface area contributed by atoms with Gasteiger partial charge in [0.15, 0.2) is 11.6 Å². The molecule has 0 saturated carbocycles. The monoisotopic (exact) mass is 210 g/mol. The summed E-state index contributed by atoms with van der Waals surface area (Å²) in [4.78, 5) is 4.08. The van der Waals surface area contributed by atoms with Gasteiger partial charge in [0, 0.05) is 12.1 Å². The molecule has 0 atom stereocenters. The first-order valence-electron chi connectivity index (χ1n) is 4.97. The van der Waals surface area contributed by atoms with E-state index in [1.165, 1.54) is 0 Å². The summed E-state index contributed by atoms with van der Waals surface area (Å²) < 4.78 is 5.42. The van der Waals surface area contributed by atoms with Crippen LogP contribution in [0.25, 0.3) is 0 Å². The molecule has 1 heterocycles. The molecule has 0 aliphatic heterocycles. The van der Waals surface area contributed by atoms with Crippen molar-refractivity contribution in [3.8, 4) is 5.75 Å². The molecule has 0 aliphatic carbocycles. The second kappa shape index (κ2) is 4.49. The fourth-order valence-electron chi connectivity index (χ4n) is 1.10. The average molecular weight is 210 g/mol. The standard InChI is InChI=1S/C11H18N2O2/c1-8-4-5-9(10(12)13-8)15-7-6-11(2,3)14/h4-5,14H,6-7H2,1-3H3,(H2,12,13). The number of aryl methyl sites for hydroxylation is 1. The van der Waals surface area contributed by atoms with Crippen molar-refractivity contribution in [1.29, 1.82) is 0 Å². The normalized spacial score (nSPS) is 11.5. The molecule has 3 N–H and O–H groups in total. The number of aliphatic hydroxyl groups is 1. The summed E-state index contributed by atoms with van der Waals surface area (Å²) in [5, 5.41) is 9.48. The van der Waals surface area contributed by atoms with Gasteiger partial charge in [-0.3, -0.25) is 0 Å². The highest BCUT2D eigenvalue weighted by Gasteiger charge is 2.12. The van der Waals surface area contributed by atoms with Gasteiger partial charge in [-0.05, 0) is 32.9 Å². The molecule has 0 aliphatic rings. The molecule has 84 valence electrons. The molecule has 1 aromatic heterocycles. The van der Waals surface area contributed by atoms with Crippen molar-refractivity contribution >= 4 is 5.82 Å². The second-order valence-electron chi connectivity index (χ2n) is 4.25. The summed E-state index contributed by atoms with van der Waals surface area (Å²) in [6, 6.07) is 3.64. The van der Waals surface area contributed by atoms with Gasteiger partial charge in [0.05, 0.1) is 12.2 Å². The maximum atomic E-state index is 9.48. The van der Waals surface area contributed by atoms with E-state index in [9.17, 15) is 5.11 Å². The molecular formula is C11H18N2O2. The Hall–Kier alpha value is -1.29. The SMILES string of the molecule is Cc1ccc(OCCC(C)(C)O)c(N)n1. The van der Waals surface area contributed by atoms with E-state index in [1.807, 2.05) is 13.0 Å². The van der Waals surface area contributed by atoms with Gasteiger partial charge in [-0.25, -0.2) is 4.98 Å². The number of rotatable bonds is 4. The number of pyridine rings is 1. The zero-order valence-electron chi connectivity index (χ0n) is 9.45. The van der Waals surface area contributed by atoms with Crippen molar-refractivity contribution in [2.24, 2.45) is 0 Å². The third-order valence-electron chi connectivity index (χ3n) is 2.00. The van der Waals surface area contributed by atoms with Crippen molar-refractivity contribution in [2.75, 3.05) is 12.3 Å². The summed E-state index contributed by atoms with van der Waals surface area (Å²) in [7, 11) is 0. The second-order valence-corrected chi connectivity index (χ2v) is 4.25. The van der Waals surface area contributed by atoms with Crippen LogP contribution in [-0.2, 0) is 0 Å². The lowest BCUT2D eigenvalue weighted by molar-refractivity contribution is 0.0554. The number of hydrogen-bond donors (Lipinski definition) is 2. The van der Waals surface area contributed by atoms with Gasteiger partial charge in [0.2, 0.25) is 0 Å². The molecule has 0 bridgehead atoms. The number of nitrogens with zero attached hydrogens (tertiary/aromatic N) is 1. The zero-order valence-corrected chi connectivity index (χ0v) is 9.45. The number of hydrogen-bond acceptors (Lipinski definition) is 4. The molecule has 4 nitrogen and oxygen atoms in total. The molecule has 0 spiro atoms. The maximum Gasteiger partial charge on any atom is 0.166 e. The van der Waals surface area contributed by atoms with Crippen LogP contribution >= 0.6 is 0 Å². The summed E-state index contributed by atoms with van der Waals surface area (Å²) in [6.07, 6.45) is 0.556. The van der Waals surface area contributed by atoms with E-state index in [0.717, 1.165) is 5.69 Å². The van der Waals surface area contributed by atoms with Gasteiger partial charge in [-0.1, -0.05) is 0 Å². The van der Waals surface area contributed by atoms with Crippen molar-refractivity contribution in [3.63, 3.8) is 0 Å². The molecule has 0 unspecified atom stereocenters. The first-order valence-corrected chi connectivity index (χ1v) is 4.97. The minimum absolute atomic E-state index is 0.394. The fraction of sp³-hybridized carbons (Fsp3) is 0.545. The van der Waals surface area contributed by atoms with E-state index in [4.69, 9.17) is 10.5 Å². The van der Waals surface area contributed by atoms with Crippen molar-refractivity contribution in [3.05, 3.63) is 17.8 Å². The topological polar surface area (TPSA) is 68.4 Å². The first kappa shape index (κ1) is 11.8. The fourth-order valence-corrected chi connectivity index (χ4v) is 1.10. The molecule has 0 saturated heterocycles. The van der Waals surface area contributed by atoms with E-state index in [0.29, 0.717) is 24.6 Å². The molecule has 15 heavy (non-hydrogen) atoms. The van der Waals surface area contributed by atoms with Gasteiger partial charge in [-0.15, -0.1) is 0 Å². The van der Waals surface area contributed by atoms with Gasteiger partial charge in [-0.2, -0.15) is 0 Å². The number of ether oxygens (including phenoxy) is 1. The van der Waals surface area contributed by atoms with Crippen LogP contribution in [-0.4, -0.2) is 22.3 Å². The lowest BCUT2D eigenvalue weighted by Gasteiger charge is -2.17. The highest BCUT2D eigenvalue weighted by atomic mass is 16.5. The van der Waals surface area contributed by atoms with Crippen LogP contribution in [0.1, 0.15) is 26.0 Å². The maximum absolute atomic E-state index is 9.48. The Morgan fingerprint density at radius 3 is 2.67 bits per heavy atom. The van der Waals surface area contributed by atoms with E-state index in [-0.39, 0.29) is 0 Å². The molecule has 0 fully saturated rings. The third kappa shape index (κ3) is 4.16. The number of nitrogen functional groups attached to an aromatic ring is 1. The van der Waals surface area contributed by atoms with Crippen LogP contribution in [0.4, 0.5) is 5.82 Å². The van der Waals surface area contributed by atoms with E-state index >= 15 is 0 Å². The Bertz CT molecular complexity index is 332. The van der Waals surface area contributed by atoms with Crippen LogP contribution in [0.2, 0.25) is 0 Å². The van der Waals surface area contributed by atoms with Gasteiger partial charge in [0.25, 0.3) is 0 Å². The first-order chi connectivity index (χ1) is 6.88. The highest BCUT2D eigenvalue weighted by Crippen LogP contribution is 2.19. The largest absolute Gasteiger partial charge is 0.490 e. The number of aromatic nitrogens is 1. The summed E-state index contributed by atoms with van der Waals surface area (Å²) in [5.74, 6) is 0.968. The number of anilines is 1. The minimum atomic E-state index is -0.715. The molecule has 0 amide bonds. The molecule has 0 radical (unpaired) electrons. The third-order valence-corrected chi connectivity index (χ3v) is 2.00. The van der Waals surface area contributed by atoms with Crippen molar-refractivity contribution in [2.45, 2.75) is 32.8 Å². The van der Waals surface area contributed by atoms with E-state index < -0.39 is 5.60 Å². The summed E-state index contributed by atoms with van der Waals surface area (Å²) >= 11 is 0. The lowest BCUT2D eigenvalue weighted by Crippen LogP contribution is -2.22. The Balaban J connectivity index is 2.51. The highest BCUT2D eigenvalue weighted by molar-refractivity contribution is 5.46. The van der Waals surface area contributed by atoms with Crippen LogP contribution in [0.5, 0.6) is 5.75 Å². The van der Waals surface area contributed by atoms with Gasteiger partial charge >= 0.3 is 0 Å². The molecule has 4 heteroatoms. The Kier molecular flexibility index (Phi) is 3.52. The van der Waals surface area contributed by atoms with Gasteiger partial charge in [0.1, 0.15) is 0 Å². The predicted molar refractivity (Wildman–Crippen MR) is 59.8 cm³/mol. The molecular weight excluding hydrogens is 192 g/mol. The van der Waals surface area contributed by atoms with Crippen LogP contribution in [0, 0.1) is 6.92 Å². The van der Waals surface area contributed by atoms with Crippen LogP contribution < -0.4 is 10.5 Å². The molecule has 1 rings (SSSR count). The minimum Gasteiger partial charge on any atom is -0.490 e. The average Bonchev–Trinajstić information content (AvgIpc) is 2.07. The zero-order chi connectivity index (χ0) is 11.5. The smallest absolute Gasteiger partial charge is 0.166 e.